The summed E-state index contributed by atoms with van der Waals surface area (Å²) in [5.41, 5.74) is 3.80. The Kier molecular flexibility index (Phi) is 4.42. The summed E-state index contributed by atoms with van der Waals surface area (Å²) in [5.74, 6) is 5.59. The zero-order valence-corrected chi connectivity index (χ0v) is 11.3. The third-order valence-electron chi connectivity index (χ3n) is 2.47. The van der Waals surface area contributed by atoms with E-state index in [1.807, 2.05) is 23.6 Å². The highest BCUT2D eigenvalue weighted by molar-refractivity contribution is 7.09. The molecule has 17 heavy (non-hydrogen) atoms. The Bertz CT molecular complexity index is 465. The third kappa shape index (κ3) is 3.44. The first-order valence-corrected chi connectivity index (χ1v) is 6.77. The Labute approximate surface area is 114 Å². The molecule has 1 heterocycles. The fraction of sp³-hybridized carbons (Fsp3) is 0.167. The number of nitrogens with one attached hydrogen (secondary N) is 1. The van der Waals surface area contributed by atoms with E-state index < -0.39 is 0 Å². The maximum atomic E-state index is 5.98. The van der Waals surface area contributed by atoms with Crippen LogP contribution in [0.4, 0.5) is 0 Å². The molecule has 0 radical (unpaired) electrons. The molecule has 0 aliphatic rings. The van der Waals surface area contributed by atoms with Crippen molar-refractivity contribution in [3.05, 3.63) is 56.2 Å². The zero-order valence-electron chi connectivity index (χ0n) is 8.99. The van der Waals surface area contributed by atoms with Crippen molar-refractivity contribution in [1.29, 1.82) is 0 Å². The number of benzene rings is 1. The topological polar surface area (TPSA) is 38.0 Å². The van der Waals surface area contributed by atoms with Gasteiger partial charge in [-0.3, -0.25) is 11.3 Å². The van der Waals surface area contributed by atoms with E-state index in [1.165, 1.54) is 4.88 Å². The van der Waals surface area contributed by atoms with Crippen LogP contribution in [0.15, 0.2) is 35.7 Å². The Morgan fingerprint density at radius 3 is 2.47 bits per heavy atom. The Morgan fingerprint density at radius 2 is 1.94 bits per heavy atom. The molecule has 0 saturated heterocycles. The second kappa shape index (κ2) is 5.85. The number of hydrazine groups is 1. The molecule has 0 aliphatic carbocycles. The quantitative estimate of drug-likeness (QED) is 0.663. The van der Waals surface area contributed by atoms with Crippen molar-refractivity contribution >= 4 is 34.5 Å². The molecule has 1 atom stereocenters. The second-order valence-electron chi connectivity index (χ2n) is 3.71. The summed E-state index contributed by atoms with van der Waals surface area (Å²) < 4.78 is 0. The highest BCUT2D eigenvalue weighted by atomic mass is 35.5. The van der Waals surface area contributed by atoms with Crippen molar-refractivity contribution in [2.45, 2.75) is 12.5 Å². The van der Waals surface area contributed by atoms with Gasteiger partial charge in [-0.15, -0.1) is 11.3 Å². The minimum Gasteiger partial charge on any atom is -0.271 e. The molecule has 0 spiro atoms. The Balaban J connectivity index is 2.22. The van der Waals surface area contributed by atoms with E-state index in [4.69, 9.17) is 29.0 Å². The maximum Gasteiger partial charge on any atom is 0.0509 e. The van der Waals surface area contributed by atoms with Gasteiger partial charge in [0, 0.05) is 21.3 Å². The fourth-order valence-electron chi connectivity index (χ4n) is 1.68. The van der Waals surface area contributed by atoms with Gasteiger partial charge in [-0.1, -0.05) is 29.3 Å². The number of hydrogen-bond acceptors (Lipinski definition) is 3. The van der Waals surface area contributed by atoms with E-state index in [-0.39, 0.29) is 6.04 Å². The molecule has 0 bridgehead atoms. The zero-order chi connectivity index (χ0) is 12.3. The van der Waals surface area contributed by atoms with Gasteiger partial charge in [0.05, 0.1) is 6.04 Å². The van der Waals surface area contributed by atoms with Gasteiger partial charge in [0.25, 0.3) is 0 Å². The van der Waals surface area contributed by atoms with Crippen LogP contribution in [0.1, 0.15) is 16.5 Å². The van der Waals surface area contributed by atoms with Crippen LogP contribution in [0.2, 0.25) is 10.0 Å². The standard InChI is InChI=1S/C12H12Cl2N2S/c13-9-4-8(5-10(14)6-9)12(16-15)7-11-2-1-3-17-11/h1-6,12,16H,7,15H2. The molecule has 0 aliphatic heterocycles. The molecule has 0 amide bonds. The molecule has 0 saturated carbocycles. The molecule has 3 N–H and O–H groups in total. The predicted molar refractivity (Wildman–Crippen MR) is 74.5 cm³/mol. The normalized spacial score (nSPS) is 12.6. The van der Waals surface area contributed by atoms with Crippen molar-refractivity contribution < 1.29 is 0 Å². The van der Waals surface area contributed by atoms with Crippen LogP contribution in [0.3, 0.4) is 0 Å². The molecule has 1 aromatic heterocycles. The lowest BCUT2D eigenvalue weighted by atomic mass is 10.0. The molecular formula is C12H12Cl2N2S. The average Bonchev–Trinajstić information content (AvgIpc) is 2.77. The summed E-state index contributed by atoms with van der Waals surface area (Å²) in [6.07, 6.45) is 0.824. The van der Waals surface area contributed by atoms with Crippen molar-refractivity contribution in [3.8, 4) is 0 Å². The third-order valence-corrected chi connectivity index (χ3v) is 3.81. The van der Waals surface area contributed by atoms with E-state index in [1.54, 1.807) is 17.4 Å². The lowest BCUT2D eigenvalue weighted by Crippen LogP contribution is -2.29. The average molecular weight is 287 g/mol. The fourth-order valence-corrected chi connectivity index (χ4v) is 2.97. The molecule has 90 valence electrons. The van der Waals surface area contributed by atoms with Gasteiger partial charge in [0.1, 0.15) is 0 Å². The van der Waals surface area contributed by atoms with Crippen LogP contribution in [0.5, 0.6) is 0 Å². The lowest BCUT2D eigenvalue weighted by molar-refractivity contribution is 0.555. The van der Waals surface area contributed by atoms with E-state index >= 15 is 0 Å². The summed E-state index contributed by atoms with van der Waals surface area (Å²) in [6.45, 7) is 0. The molecule has 2 nitrogen and oxygen atoms in total. The lowest BCUT2D eigenvalue weighted by Gasteiger charge is -2.16. The van der Waals surface area contributed by atoms with Crippen LogP contribution in [0.25, 0.3) is 0 Å². The first-order valence-electron chi connectivity index (χ1n) is 5.13. The molecule has 1 unspecified atom stereocenters. The van der Waals surface area contributed by atoms with Gasteiger partial charge in [-0.2, -0.15) is 0 Å². The smallest absolute Gasteiger partial charge is 0.0509 e. The number of nitrogens with two attached hydrogens (primary N) is 1. The van der Waals surface area contributed by atoms with Gasteiger partial charge in [-0.25, -0.2) is 0 Å². The molecular weight excluding hydrogens is 275 g/mol. The van der Waals surface area contributed by atoms with Crippen LogP contribution < -0.4 is 11.3 Å². The molecule has 0 fully saturated rings. The van der Waals surface area contributed by atoms with Crippen molar-refractivity contribution in [2.75, 3.05) is 0 Å². The number of thiophene rings is 1. The molecule has 2 rings (SSSR count). The summed E-state index contributed by atoms with van der Waals surface area (Å²) in [5, 5.41) is 3.30. The molecule has 2 aromatic rings. The summed E-state index contributed by atoms with van der Waals surface area (Å²) >= 11 is 13.7. The van der Waals surface area contributed by atoms with Crippen molar-refractivity contribution in [1.82, 2.24) is 5.43 Å². The summed E-state index contributed by atoms with van der Waals surface area (Å²) in [4.78, 5) is 1.27. The number of rotatable bonds is 4. The first kappa shape index (κ1) is 12.9. The SMILES string of the molecule is NNC(Cc1cccs1)c1cc(Cl)cc(Cl)c1. The van der Waals surface area contributed by atoms with E-state index in [0.29, 0.717) is 10.0 Å². The van der Waals surface area contributed by atoms with Crippen molar-refractivity contribution in [2.24, 2.45) is 5.84 Å². The minimum absolute atomic E-state index is 0.0184. The van der Waals surface area contributed by atoms with Gasteiger partial charge >= 0.3 is 0 Å². The van der Waals surface area contributed by atoms with Crippen LogP contribution in [-0.4, -0.2) is 0 Å². The van der Waals surface area contributed by atoms with E-state index in [2.05, 4.69) is 11.5 Å². The molecule has 5 heteroatoms. The summed E-state index contributed by atoms with van der Waals surface area (Å²) in [6, 6.07) is 9.60. The summed E-state index contributed by atoms with van der Waals surface area (Å²) in [7, 11) is 0. The molecule has 1 aromatic carbocycles. The maximum absolute atomic E-state index is 5.98. The van der Waals surface area contributed by atoms with E-state index in [0.717, 1.165) is 12.0 Å². The largest absolute Gasteiger partial charge is 0.271 e. The van der Waals surface area contributed by atoms with Crippen LogP contribution in [0, 0.1) is 0 Å². The highest BCUT2D eigenvalue weighted by Crippen LogP contribution is 2.26. The first-order chi connectivity index (χ1) is 8.19. The van der Waals surface area contributed by atoms with Crippen LogP contribution >= 0.6 is 34.5 Å². The van der Waals surface area contributed by atoms with Crippen LogP contribution in [-0.2, 0) is 6.42 Å². The minimum atomic E-state index is 0.0184. The number of hydrogen-bond donors (Lipinski definition) is 2. The van der Waals surface area contributed by atoms with Gasteiger partial charge in [0.15, 0.2) is 0 Å². The van der Waals surface area contributed by atoms with Crippen molar-refractivity contribution in [3.63, 3.8) is 0 Å². The van der Waals surface area contributed by atoms with E-state index in [9.17, 15) is 0 Å². The predicted octanol–water partition coefficient (Wildman–Crippen LogP) is 3.80. The van der Waals surface area contributed by atoms with Gasteiger partial charge in [-0.05, 0) is 35.2 Å². The monoisotopic (exact) mass is 286 g/mol. The highest BCUT2D eigenvalue weighted by Gasteiger charge is 2.12. The second-order valence-corrected chi connectivity index (χ2v) is 5.61. The number of halogens is 2. The van der Waals surface area contributed by atoms with Gasteiger partial charge < -0.3 is 0 Å². The Morgan fingerprint density at radius 1 is 1.24 bits per heavy atom. The van der Waals surface area contributed by atoms with Gasteiger partial charge in [0.2, 0.25) is 0 Å². The Hall–Kier alpha value is -0.580.